The average molecular weight is 224 g/mol. The number of nitrogens with one attached hydrogen (secondary N) is 1. The zero-order chi connectivity index (χ0) is 11.0. The van der Waals surface area contributed by atoms with Crippen molar-refractivity contribution in [2.45, 2.75) is 39.7 Å². The molecule has 1 aromatic rings. The molecule has 0 fully saturated rings. The van der Waals surface area contributed by atoms with E-state index in [2.05, 4.69) is 18.8 Å². The number of fused-ring (bicyclic) bond motifs is 1. The van der Waals surface area contributed by atoms with E-state index in [-0.39, 0.29) is 5.69 Å². The minimum atomic E-state index is -0.0469. The molecule has 1 aromatic heterocycles. The van der Waals surface area contributed by atoms with Crippen LogP contribution in [0.25, 0.3) is 0 Å². The fourth-order valence-electron chi connectivity index (χ4n) is 2.19. The fourth-order valence-corrected chi connectivity index (χ4v) is 2.50. The Balaban J connectivity index is 2.59. The van der Waals surface area contributed by atoms with Crippen LogP contribution in [0.3, 0.4) is 0 Å². The van der Waals surface area contributed by atoms with Gasteiger partial charge in [-0.2, -0.15) is 0 Å². The number of hydrogen-bond acceptors (Lipinski definition) is 2. The predicted molar refractivity (Wildman–Crippen MR) is 62.7 cm³/mol. The molecule has 1 N–H and O–H groups in total. The maximum absolute atomic E-state index is 11.8. The number of H-pyrrole nitrogens is 1. The number of hydrogen-bond donors (Lipinski definition) is 1. The average Bonchev–Trinajstić information content (AvgIpc) is 2.60. The standard InChI is InChI=1S/C11H16N2OS/c1-7(2)6-13-9-5-3-4-8(9)10(15)12-11(13)14/h7H,3-6H2,1-2H3,(H,12,14,15). The van der Waals surface area contributed by atoms with Crippen molar-refractivity contribution in [1.29, 1.82) is 0 Å². The first-order valence-corrected chi connectivity index (χ1v) is 5.85. The highest BCUT2D eigenvalue weighted by molar-refractivity contribution is 7.71. The molecule has 0 unspecified atom stereocenters. The molecule has 0 bridgehead atoms. The first-order chi connectivity index (χ1) is 7.09. The molecule has 0 spiro atoms. The molecule has 3 nitrogen and oxygen atoms in total. The normalized spacial score (nSPS) is 14.6. The lowest BCUT2D eigenvalue weighted by molar-refractivity contribution is 0.489. The Kier molecular flexibility index (Phi) is 2.78. The van der Waals surface area contributed by atoms with Crippen molar-refractivity contribution in [3.8, 4) is 0 Å². The van der Waals surface area contributed by atoms with Crippen molar-refractivity contribution in [2.24, 2.45) is 5.92 Å². The lowest BCUT2D eigenvalue weighted by Gasteiger charge is -2.13. The first kappa shape index (κ1) is 10.6. The molecule has 0 radical (unpaired) electrons. The van der Waals surface area contributed by atoms with Gasteiger partial charge >= 0.3 is 5.69 Å². The molecule has 1 aliphatic carbocycles. The number of aromatic amines is 1. The van der Waals surface area contributed by atoms with Crippen LogP contribution in [0, 0.1) is 10.6 Å². The Bertz CT molecular complexity index is 484. The van der Waals surface area contributed by atoms with Crippen LogP contribution < -0.4 is 5.69 Å². The summed E-state index contributed by atoms with van der Waals surface area (Å²) in [5.74, 6) is 0.483. The van der Waals surface area contributed by atoms with Gasteiger partial charge in [-0.15, -0.1) is 0 Å². The lowest BCUT2D eigenvalue weighted by Crippen LogP contribution is -2.28. The van der Waals surface area contributed by atoms with Gasteiger partial charge in [0.15, 0.2) is 0 Å². The fraction of sp³-hybridized carbons (Fsp3) is 0.636. The van der Waals surface area contributed by atoms with Crippen molar-refractivity contribution in [2.75, 3.05) is 0 Å². The van der Waals surface area contributed by atoms with Crippen LogP contribution in [0.1, 0.15) is 31.5 Å². The van der Waals surface area contributed by atoms with Crippen LogP contribution >= 0.6 is 12.2 Å². The van der Waals surface area contributed by atoms with E-state index in [0.29, 0.717) is 10.6 Å². The molecule has 0 saturated carbocycles. The zero-order valence-electron chi connectivity index (χ0n) is 9.17. The largest absolute Gasteiger partial charge is 0.326 e. The summed E-state index contributed by atoms with van der Waals surface area (Å²) in [5.41, 5.74) is 2.30. The highest BCUT2D eigenvalue weighted by Crippen LogP contribution is 2.21. The van der Waals surface area contributed by atoms with Gasteiger partial charge in [0.2, 0.25) is 0 Å². The number of aromatic nitrogens is 2. The van der Waals surface area contributed by atoms with Crippen molar-refractivity contribution in [3.63, 3.8) is 0 Å². The molecular formula is C11H16N2OS. The van der Waals surface area contributed by atoms with Crippen LogP contribution in [0.5, 0.6) is 0 Å². The molecule has 0 saturated heterocycles. The Morgan fingerprint density at radius 1 is 1.47 bits per heavy atom. The summed E-state index contributed by atoms with van der Waals surface area (Å²) in [5, 5.41) is 0. The van der Waals surface area contributed by atoms with E-state index in [4.69, 9.17) is 12.2 Å². The lowest BCUT2D eigenvalue weighted by atomic mass is 10.2. The van der Waals surface area contributed by atoms with E-state index >= 15 is 0 Å². The van der Waals surface area contributed by atoms with Crippen LogP contribution in [-0.2, 0) is 19.4 Å². The molecule has 0 amide bonds. The van der Waals surface area contributed by atoms with E-state index in [1.54, 1.807) is 0 Å². The third kappa shape index (κ3) is 1.91. The Morgan fingerprint density at radius 2 is 2.20 bits per heavy atom. The topological polar surface area (TPSA) is 37.8 Å². The Labute approximate surface area is 94.1 Å². The van der Waals surface area contributed by atoms with Crippen LogP contribution in [0.2, 0.25) is 0 Å². The van der Waals surface area contributed by atoms with E-state index in [9.17, 15) is 4.79 Å². The van der Waals surface area contributed by atoms with Gasteiger partial charge in [0.25, 0.3) is 0 Å². The quantitative estimate of drug-likeness (QED) is 0.781. The van der Waals surface area contributed by atoms with E-state index in [1.807, 2.05) is 4.57 Å². The molecule has 0 atom stereocenters. The maximum atomic E-state index is 11.8. The molecule has 0 aromatic carbocycles. The summed E-state index contributed by atoms with van der Waals surface area (Å²) in [6.45, 7) is 5.03. The van der Waals surface area contributed by atoms with E-state index < -0.39 is 0 Å². The summed E-state index contributed by atoms with van der Waals surface area (Å²) >= 11 is 5.17. The second kappa shape index (κ2) is 3.93. The molecule has 4 heteroatoms. The third-order valence-corrected chi connectivity index (χ3v) is 3.15. The van der Waals surface area contributed by atoms with Gasteiger partial charge in [-0.25, -0.2) is 4.79 Å². The van der Waals surface area contributed by atoms with E-state index in [1.165, 1.54) is 5.56 Å². The SMILES string of the molecule is CC(C)Cn1c2c(c(=S)[nH]c1=O)CCC2. The smallest absolute Gasteiger partial charge is 0.298 e. The summed E-state index contributed by atoms with van der Waals surface area (Å²) in [7, 11) is 0. The summed E-state index contributed by atoms with van der Waals surface area (Å²) in [6.07, 6.45) is 3.13. The Morgan fingerprint density at radius 3 is 2.87 bits per heavy atom. The molecule has 1 aliphatic rings. The summed E-state index contributed by atoms with van der Waals surface area (Å²) in [4.78, 5) is 14.5. The van der Waals surface area contributed by atoms with Crippen molar-refractivity contribution in [1.82, 2.24) is 9.55 Å². The van der Waals surface area contributed by atoms with Gasteiger partial charge < -0.3 is 0 Å². The second-order valence-corrected chi connectivity index (χ2v) is 4.95. The summed E-state index contributed by atoms with van der Waals surface area (Å²) < 4.78 is 2.51. The third-order valence-electron chi connectivity index (χ3n) is 2.80. The van der Waals surface area contributed by atoms with Crippen LogP contribution in [0.15, 0.2) is 4.79 Å². The molecule has 82 valence electrons. The highest BCUT2D eigenvalue weighted by Gasteiger charge is 2.18. The van der Waals surface area contributed by atoms with Crippen molar-refractivity contribution >= 4 is 12.2 Å². The molecule has 2 rings (SSSR count). The monoisotopic (exact) mass is 224 g/mol. The van der Waals surface area contributed by atoms with Gasteiger partial charge in [0.05, 0.1) is 0 Å². The zero-order valence-corrected chi connectivity index (χ0v) is 9.99. The predicted octanol–water partition coefficient (Wildman–Crippen LogP) is 2.05. The van der Waals surface area contributed by atoms with Gasteiger partial charge in [0.1, 0.15) is 4.64 Å². The maximum Gasteiger partial charge on any atom is 0.326 e. The van der Waals surface area contributed by atoms with Crippen LogP contribution in [0.4, 0.5) is 0 Å². The van der Waals surface area contributed by atoms with Crippen molar-refractivity contribution < 1.29 is 0 Å². The number of nitrogens with zero attached hydrogens (tertiary/aromatic N) is 1. The van der Waals surface area contributed by atoms with Gasteiger partial charge in [0, 0.05) is 17.8 Å². The van der Waals surface area contributed by atoms with Crippen molar-refractivity contribution in [3.05, 3.63) is 26.4 Å². The first-order valence-electron chi connectivity index (χ1n) is 5.44. The molecule has 0 aliphatic heterocycles. The summed E-state index contributed by atoms with van der Waals surface area (Å²) in [6, 6.07) is 0. The van der Waals surface area contributed by atoms with E-state index in [0.717, 1.165) is 31.5 Å². The van der Waals surface area contributed by atoms with Gasteiger partial charge in [-0.1, -0.05) is 26.1 Å². The number of rotatable bonds is 2. The Hall–Kier alpha value is -0.900. The van der Waals surface area contributed by atoms with Gasteiger partial charge in [-0.05, 0) is 25.2 Å². The molecular weight excluding hydrogens is 208 g/mol. The van der Waals surface area contributed by atoms with Gasteiger partial charge in [-0.3, -0.25) is 9.55 Å². The molecule has 1 heterocycles. The minimum Gasteiger partial charge on any atom is -0.298 e. The second-order valence-electron chi connectivity index (χ2n) is 4.54. The minimum absolute atomic E-state index is 0.0469. The van der Waals surface area contributed by atoms with Crippen LogP contribution in [-0.4, -0.2) is 9.55 Å². The highest BCUT2D eigenvalue weighted by atomic mass is 32.1. The molecule has 15 heavy (non-hydrogen) atoms.